The van der Waals surface area contributed by atoms with Crippen LogP contribution in [0.4, 0.5) is 5.69 Å². The molecule has 18 heavy (non-hydrogen) atoms. The fourth-order valence-corrected chi connectivity index (χ4v) is 1.79. The molecule has 98 valence electrons. The highest BCUT2D eigenvalue weighted by Gasteiger charge is 2.21. The van der Waals surface area contributed by atoms with Crippen LogP contribution < -0.4 is 10.6 Å². The van der Waals surface area contributed by atoms with Crippen molar-refractivity contribution in [2.45, 2.75) is 26.8 Å². The lowest BCUT2D eigenvalue weighted by molar-refractivity contribution is -0.140. The predicted octanol–water partition coefficient (Wildman–Crippen LogP) is 2.39. The molecule has 1 unspecified atom stereocenters. The highest BCUT2D eigenvalue weighted by molar-refractivity contribution is 7.80. The molecular weight excluding hydrogens is 248 g/mol. The Balaban J connectivity index is 2.63. The number of aliphatic carboxylic acids is 1. The lowest BCUT2D eigenvalue weighted by atomic mass is 10.1. The number of anilines is 1. The Morgan fingerprint density at radius 3 is 2.56 bits per heavy atom. The molecule has 0 radical (unpaired) electrons. The number of rotatable bonds is 4. The molecule has 0 aliphatic heterocycles. The lowest BCUT2D eigenvalue weighted by Crippen LogP contribution is -2.46. The van der Waals surface area contributed by atoms with Crippen molar-refractivity contribution in [3.05, 3.63) is 29.8 Å². The third-order valence-corrected chi connectivity index (χ3v) is 2.72. The summed E-state index contributed by atoms with van der Waals surface area (Å²) >= 11 is 5.11. The molecule has 0 heterocycles. The Kier molecular flexibility index (Phi) is 5.09. The summed E-state index contributed by atoms with van der Waals surface area (Å²) in [6.45, 7) is 5.65. The van der Waals surface area contributed by atoms with Crippen LogP contribution in [0, 0.1) is 12.8 Å². The molecule has 0 aliphatic rings. The van der Waals surface area contributed by atoms with Crippen LogP contribution in [-0.2, 0) is 4.79 Å². The molecule has 3 N–H and O–H groups in total. The van der Waals surface area contributed by atoms with Crippen LogP contribution in [0.2, 0.25) is 0 Å². The van der Waals surface area contributed by atoms with Crippen LogP contribution >= 0.6 is 12.2 Å². The minimum absolute atomic E-state index is 0.0419. The number of nitrogens with one attached hydrogen (secondary N) is 2. The fourth-order valence-electron chi connectivity index (χ4n) is 1.54. The van der Waals surface area contributed by atoms with Gasteiger partial charge in [0.25, 0.3) is 0 Å². The molecule has 0 fully saturated rings. The van der Waals surface area contributed by atoms with Crippen LogP contribution in [0.3, 0.4) is 0 Å². The summed E-state index contributed by atoms with van der Waals surface area (Å²) in [7, 11) is 0. The van der Waals surface area contributed by atoms with E-state index in [9.17, 15) is 4.79 Å². The van der Waals surface area contributed by atoms with Crippen LogP contribution in [0.5, 0.6) is 0 Å². The quantitative estimate of drug-likeness (QED) is 0.730. The van der Waals surface area contributed by atoms with Crippen molar-refractivity contribution in [1.82, 2.24) is 5.32 Å². The Hall–Kier alpha value is -1.62. The zero-order chi connectivity index (χ0) is 13.7. The molecule has 1 aromatic carbocycles. The van der Waals surface area contributed by atoms with Crippen molar-refractivity contribution < 1.29 is 9.90 Å². The molecule has 0 amide bonds. The molecule has 0 spiro atoms. The molecule has 1 aromatic rings. The standard InChI is InChI=1S/C13H18N2O2S/c1-8(2)11(12(16)17)15-13(18)14-10-6-4-5-9(3)7-10/h4-8,11H,1-3H3,(H,16,17)(H2,14,15,18). The van der Waals surface area contributed by atoms with Gasteiger partial charge in [0.2, 0.25) is 0 Å². The second-order valence-electron chi connectivity index (χ2n) is 4.53. The molecule has 0 bridgehead atoms. The van der Waals surface area contributed by atoms with Gasteiger partial charge in [0.05, 0.1) is 0 Å². The first-order valence-electron chi connectivity index (χ1n) is 5.77. The molecule has 5 heteroatoms. The largest absolute Gasteiger partial charge is 0.480 e. The van der Waals surface area contributed by atoms with E-state index in [-0.39, 0.29) is 5.92 Å². The van der Waals surface area contributed by atoms with Gasteiger partial charge in [-0.25, -0.2) is 4.79 Å². The van der Waals surface area contributed by atoms with Gasteiger partial charge in [0.1, 0.15) is 6.04 Å². The Labute approximate surface area is 112 Å². The number of hydrogen-bond donors (Lipinski definition) is 3. The van der Waals surface area contributed by atoms with Crippen molar-refractivity contribution >= 4 is 29.0 Å². The third-order valence-electron chi connectivity index (χ3n) is 2.50. The van der Waals surface area contributed by atoms with Crippen LogP contribution in [0.25, 0.3) is 0 Å². The number of carboxylic acid groups (broad SMARTS) is 1. The van der Waals surface area contributed by atoms with E-state index in [1.165, 1.54) is 0 Å². The van der Waals surface area contributed by atoms with Crippen molar-refractivity contribution in [3.63, 3.8) is 0 Å². The summed E-state index contributed by atoms with van der Waals surface area (Å²) in [5.41, 5.74) is 1.96. The second kappa shape index (κ2) is 6.35. The first-order chi connectivity index (χ1) is 8.40. The number of benzene rings is 1. The normalized spacial score (nSPS) is 12.0. The highest BCUT2D eigenvalue weighted by atomic mass is 32.1. The number of aryl methyl sites for hydroxylation is 1. The van der Waals surface area contributed by atoms with E-state index in [2.05, 4.69) is 10.6 Å². The molecule has 0 aromatic heterocycles. The van der Waals surface area contributed by atoms with Crippen molar-refractivity contribution in [3.8, 4) is 0 Å². The molecule has 0 aliphatic carbocycles. The summed E-state index contributed by atoms with van der Waals surface area (Å²) in [5, 5.41) is 15.2. The molecule has 4 nitrogen and oxygen atoms in total. The van der Waals surface area contributed by atoms with Gasteiger partial charge in [-0.3, -0.25) is 0 Å². The van der Waals surface area contributed by atoms with Gasteiger partial charge < -0.3 is 15.7 Å². The smallest absolute Gasteiger partial charge is 0.326 e. The topological polar surface area (TPSA) is 61.4 Å². The van der Waals surface area contributed by atoms with Gasteiger partial charge >= 0.3 is 5.97 Å². The SMILES string of the molecule is Cc1cccc(NC(=S)NC(C(=O)O)C(C)C)c1. The third kappa shape index (κ3) is 4.33. The van der Waals surface area contributed by atoms with Gasteiger partial charge in [-0.1, -0.05) is 26.0 Å². The summed E-state index contributed by atoms with van der Waals surface area (Å²) in [6, 6.07) is 7.04. The number of carboxylic acids is 1. The summed E-state index contributed by atoms with van der Waals surface area (Å²) in [6.07, 6.45) is 0. The van der Waals surface area contributed by atoms with Crippen LogP contribution in [0.15, 0.2) is 24.3 Å². The molecule has 0 saturated heterocycles. The molecule has 1 rings (SSSR count). The van der Waals surface area contributed by atoms with E-state index < -0.39 is 12.0 Å². The van der Waals surface area contributed by atoms with Crippen molar-refractivity contribution in [2.75, 3.05) is 5.32 Å². The molecular formula is C13H18N2O2S. The first-order valence-corrected chi connectivity index (χ1v) is 6.18. The van der Waals surface area contributed by atoms with Gasteiger partial charge in [-0.2, -0.15) is 0 Å². The highest BCUT2D eigenvalue weighted by Crippen LogP contribution is 2.10. The van der Waals surface area contributed by atoms with E-state index in [1.54, 1.807) is 0 Å². The zero-order valence-corrected chi connectivity index (χ0v) is 11.5. The fraction of sp³-hybridized carbons (Fsp3) is 0.385. The average molecular weight is 266 g/mol. The first kappa shape index (κ1) is 14.4. The molecule has 1 atom stereocenters. The van der Waals surface area contributed by atoms with E-state index in [0.29, 0.717) is 5.11 Å². The van der Waals surface area contributed by atoms with Gasteiger partial charge in [-0.15, -0.1) is 0 Å². The number of carbonyl (C=O) groups is 1. The summed E-state index contributed by atoms with van der Waals surface area (Å²) in [4.78, 5) is 11.0. The maximum Gasteiger partial charge on any atom is 0.326 e. The van der Waals surface area contributed by atoms with E-state index in [0.717, 1.165) is 11.3 Å². The minimum Gasteiger partial charge on any atom is -0.480 e. The monoisotopic (exact) mass is 266 g/mol. The zero-order valence-electron chi connectivity index (χ0n) is 10.7. The van der Waals surface area contributed by atoms with Gasteiger partial charge in [0.15, 0.2) is 5.11 Å². The summed E-state index contributed by atoms with van der Waals surface area (Å²) in [5.74, 6) is -0.946. The van der Waals surface area contributed by atoms with Gasteiger partial charge in [0, 0.05) is 5.69 Å². The predicted molar refractivity (Wildman–Crippen MR) is 76.8 cm³/mol. The van der Waals surface area contributed by atoms with Crippen LogP contribution in [0.1, 0.15) is 19.4 Å². The Bertz CT molecular complexity index is 446. The average Bonchev–Trinajstić information content (AvgIpc) is 2.25. The van der Waals surface area contributed by atoms with E-state index in [1.807, 2.05) is 45.0 Å². The number of hydrogen-bond acceptors (Lipinski definition) is 2. The maximum absolute atomic E-state index is 11.0. The Morgan fingerprint density at radius 2 is 2.06 bits per heavy atom. The number of thiocarbonyl (C=S) groups is 1. The van der Waals surface area contributed by atoms with Crippen LogP contribution in [-0.4, -0.2) is 22.2 Å². The molecule has 0 saturated carbocycles. The maximum atomic E-state index is 11.0. The minimum atomic E-state index is -0.904. The van der Waals surface area contributed by atoms with Gasteiger partial charge in [-0.05, 0) is 42.8 Å². The van der Waals surface area contributed by atoms with E-state index >= 15 is 0 Å². The van der Waals surface area contributed by atoms with Crippen molar-refractivity contribution in [2.24, 2.45) is 5.92 Å². The Morgan fingerprint density at radius 1 is 1.39 bits per heavy atom. The lowest BCUT2D eigenvalue weighted by Gasteiger charge is -2.20. The van der Waals surface area contributed by atoms with E-state index in [4.69, 9.17) is 17.3 Å². The summed E-state index contributed by atoms with van der Waals surface area (Å²) < 4.78 is 0. The van der Waals surface area contributed by atoms with Crippen molar-refractivity contribution in [1.29, 1.82) is 0 Å². The second-order valence-corrected chi connectivity index (χ2v) is 4.94.